The van der Waals surface area contributed by atoms with Crippen molar-refractivity contribution >= 4 is 15.9 Å². The van der Waals surface area contributed by atoms with Crippen molar-refractivity contribution in [1.82, 2.24) is 10.1 Å². The molecule has 0 saturated heterocycles. The van der Waals surface area contributed by atoms with E-state index in [0.29, 0.717) is 11.7 Å². The summed E-state index contributed by atoms with van der Waals surface area (Å²) in [5, 5.41) is 4.02. The lowest BCUT2D eigenvalue weighted by molar-refractivity contribution is 0.365. The van der Waals surface area contributed by atoms with Gasteiger partial charge >= 0.3 is 0 Å². The molecule has 1 heterocycles. The Kier molecular flexibility index (Phi) is 3.01. The van der Waals surface area contributed by atoms with Crippen LogP contribution in [0.25, 0.3) is 11.4 Å². The lowest BCUT2D eigenvalue weighted by Crippen LogP contribution is -2.14. The van der Waals surface area contributed by atoms with Crippen LogP contribution in [-0.2, 0) is 0 Å². The molecule has 0 radical (unpaired) electrons. The molecule has 0 fully saturated rings. The Morgan fingerprint density at radius 2 is 2.22 bits per heavy atom. The molecule has 0 aliphatic heterocycles. The first kappa shape index (κ1) is 11.6. The lowest BCUT2D eigenvalue weighted by atomic mass is 10.1. The Balaban J connectivity index is 1.88. The summed E-state index contributed by atoms with van der Waals surface area (Å²) in [6.45, 7) is 0. The van der Waals surface area contributed by atoms with Crippen molar-refractivity contribution in [3.63, 3.8) is 0 Å². The minimum Gasteiger partial charge on any atom is -0.338 e. The second-order valence-corrected chi connectivity index (χ2v) is 5.27. The number of hydrogen-bond donors (Lipinski definition) is 1. The fourth-order valence-electron chi connectivity index (χ4n) is 2.04. The van der Waals surface area contributed by atoms with Gasteiger partial charge in [0.25, 0.3) is 0 Å². The third-order valence-corrected chi connectivity index (χ3v) is 3.45. The molecule has 1 aromatic heterocycles. The van der Waals surface area contributed by atoms with Crippen LogP contribution in [0, 0.1) is 0 Å². The van der Waals surface area contributed by atoms with E-state index in [1.54, 1.807) is 0 Å². The maximum absolute atomic E-state index is 5.82. The molecule has 3 rings (SSSR count). The molecule has 92 valence electrons. The van der Waals surface area contributed by atoms with E-state index in [2.05, 4.69) is 26.1 Å². The molecule has 2 atom stereocenters. The molecule has 2 aromatic rings. The highest BCUT2D eigenvalue weighted by atomic mass is 79.9. The number of halogens is 1. The van der Waals surface area contributed by atoms with Gasteiger partial charge in [-0.1, -0.05) is 45.4 Å². The fourth-order valence-corrected chi connectivity index (χ4v) is 2.44. The van der Waals surface area contributed by atoms with E-state index >= 15 is 0 Å². The molecule has 0 spiro atoms. The van der Waals surface area contributed by atoms with Gasteiger partial charge in [-0.05, 0) is 18.6 Å². The second kappa shape index (κ2) is 4.66. The standard InChI is InChI=1S/C13H12BrN3O/c14-10-3-1-2-8(6-10)12-16-13(18-17-12)9-4-5-11(15)7-9/h1-6,9,11H,7,15H2. The van der Waals surface area contributed by atoms with Crippen molar-refractivity contribution in [1.29, 1.82) is 0 Å². The summed E-state index contributed by atoms with van der Waals surface area (Å²) >= 11 is 3.43. The maximum atomic E-state index is 5.82. The first-order valence-corrected chi connectivity index (χ1v) is 6.55. The molecule has 0 amide bonds. The van der Waals surface area contributed by atoms with Gasteiger partial charge < -0.3 is 10.3 Å². The topological polar surface area (TPSA) is 64.9 Å². The third kappa shape index (κ3) is 2.23. The van der Waals surface area contributed by atoms with Gasteiger partial charge in [-0.15, -0.1) is 0 Å². The third-order valence-electron chi connectivity index (χ3n) is 2.96. The van der Waals surface area contributed by atoms with Crippen LogP contribution in [0.15, 0.2) is 45.4 Å². The maximum Gasteiger partial charge on any atom is 0.233 e. The summed E-state index contributed by atoms with van der Waals surface area (Å²) in [4.78, 5) is 4.43. The quantitative estimate of drug-likeness (QED) is 0.867. The van der Waals surface area contributed by atoms with Crippen molar-refractivity contribution in [2.24, 2.45) is 5.73 Å². The molecule has 0 bridgehead atoms. The number of nitrogens with two attached hydrogens (primary N) is 1. The number of rotatable bonds is 2. The van der Waals surface area contributed by atoms with Crippen LogP contribution in [0.1, 0.15) is 18.2 Å². The van der Waals surface area contributed by atoms with Crippen LogP contribution in [0.4, 0.5) is 0 Å². The van der Waals surface area contributed by atoms with Crippen molar-refractivity contribution in [3.8, 4) is 11.4 Å². The van der Waals surface area contributed by atoms with Crippen molar-refractivity contribution in [2.45, 2.75) is 18.4 Å². The Morgan fingerprint density at radius 3 is 2.94 bits per heavy atom. The first-order valence-electron chi connectivity index (χ1n) is 5.76. The predicted octanol–water partition coefficient (Wildman–Crippen LogP) is 2.87. The number of benzene rings is 1. The summed E-state index contributed by atoms with van der Waals surface area (Å²) in [6.07, 6.45) is 4.84. The summed E-state index contributed by atoms with van der Waals surface area (Å²) in [5.74, 6) is 1.39. The van der Waals surface area contributed by atoms with Crippen LogP contribution in [0.2, 0.25) is 0 Å². The molecular weight excluding hydrogens is 294 g/mol. The summed E-state index contributed by atoms with van der Waals surface area (Å²) < 4.78 is 6.30. The lowest BCUT2D eigenvalue weighted by Gasteiger charge is -2.01. The molecule has 1 aromatic carbocycles. The Morgan fingerprint density at radius 1 is 1.33 bits per heavy atom. The van der Waals surface area contributed by atoms with E-state index in [0.717, 1.165) is 16.5 Å². The minimum absolute atomic E-state index is 0.0937. The van der Waals surface area contributed by atoms with Crippen molar-refractivity contribution in [2.75, 3.05) is 0 Å². The molecule has 5 heteroatoms. The normalized spacial score (nSPS) is 22.6. The summed E-state index contributed by atoms with van der Waals surface area (Å²) in [5.41, 5.74) is 6.75. The van der Waals surface area contributed by atoms with E-state index in [-0.39, 0.29) is 12.0 Å². The Hall–Kier alpha value is -1.46. The van der Waals surface area contributed by atoms with Gasteiger partial charge in [-0.25, -0.2) is 0 Å². The van der Waals surface area contributed by atoms with E-state index in [9.17, 15) is 0 Å². The number of hydrogen-bond acceptors (Lipinski definition) is 4. The van der Waals surface area contributed by atoms with Crippen LogP contribution < -0.4 is 5.73 Å². The molecule has 4 nitrogen and oxygen atoms in total. The van der Waals surface area contributed by atoms with E-state index < -0.39 is 0 Å². The molecule has 18 heavy (non-hydrogen) atoms. The zero-order chi connectivity index (χ0) is 12.5. The van der Waals surface area contributed by atoms with Crippen LogP contribution >= 0.6 is 15.9 Å². The SMILES string of the molecule is NC1C=CC(c2nc(-c3cccc(Br)c3)no2)C1. The van der Waals surface area contributed by atoms with Crippen LogP contribution in [0.5, 0.6) is 0 Å². The van der Waals surface area contributed by atoms with Gasteiger partial charge in [0.1, 0.15) is 0 Å². The zero-order valence-electron chi connectivity index (χ0n) is 9.58. The van der Waals surface area contributed by atoms with Crippen molar-refractivity contribution < 1.29 is 4.52 Å². The van der Waals surface area contributed by atoms with Gasteiger partial charge in [0, 0.05) is 16.1 Å². The fraction of sp³-hybridized carbons (Fsp3) is 0.231. The Labute approximate surface area is 113 Å². The molecule has 0 saturated carbocycles. The zero-order valence-corrected chi connectivity index (χ0v) is 11.2. The largest absolute Gasteiger partial charge is 0.338 e. The molecule has 1 aliphatic carbocycles. The Bertz CT molecular complexity index is 593. The molecular formula is C13H12BrN3O. The highest BCUT2D eigenvalue weighted by Gasteiger charge is 2.23. The highest BCUT2D eigenvalue weighted by Crippen LogP contribution is 2.28. The smallest absolute Gasteiger partial charge is 0.233 e. The summed E-state index contributed by atoms with van der Waals surface area (Å²) in [6, 6.07) is 7.92. The van der Waals surface area contributed by atoms with Crippen molar-refractivity contribution in [3.05, 3.63) is 46.8 Å². The van der Waals surface area contributed by atoms with Gasteiger partial charge in [-0.2, -0.15) is 4.98 Å². The van der Waals surface area contributed by atoms with E-state index in [1.807, 2.05) is 36.4 Å². The van der Waals surface area contributed by atoms with Gasteiger partial charge in [0.05, 0.1) is 5.92 Å². The molecule has 2 N–H and O–H groups in total. The highest BCUT2D eigenvalue weighted by molar-refractivity contribution is 9.10. The minimum atomic E-state index is 0.0937. The van der Waals surface area contributed by atoms with E-state index in [4.69, 9.17) is 10.3 Å². The van der Waals surface area contributed by atoms with Gasteiger partial charge in [0.2, 0.25) is 11.7 Å². The average molecular weight is 306 g/mol. The average Bonchev–Trinajstić information content (AvgIpc) is 2.97. The molecule has 1 aliphatic rings. The number of allylic oxidation sites excluding steroid dienone is 1. The molecule has 2 unspecified atom stereocenters. The van der Waals surface area contributed by atoms with Crippen LogP contribution in [0.3, 0.4) is 0 Å². The van der Waals surface area contributed by atoms with Gasteiger partial charge in [-0.3, -0.25) is 0 Å². The number of aromatic nitrogens is 2. The van der Waals surface area contributed by atoms with Gasteiger partial charge in [0.15, 0.2) is 0 Å². The first-order chi connectivity index (χ1) is 8.72. The monoisotopic (exact) mass is 305 g/mol. The van der Waals surface area contributed by atoms with E-state index in [1.165, 1.54) is 0 Å². The summed E-state index contributed by atoms with van der Waals surface area (Å²) in [7, 11) is 0. The van der Waals surface area contributed by atoms with Crippen LogP contribution in [-0.4, -0.2) is 16.2 Å². The number of nitrogens with zero attached hydrogens (tertiary/aromatic N) is 2. The second-order valence-electron chi connectivity index (χ2n) is 4.36. The predicted molar refractivity (Wildman–Crippen MR) is 71.9 cm³/mol.